The van der Waals surface area contributed by atoms with Gasteiger partial charge in [0.2, 0.25) is 0 Å². The van der Waals surface area contributed by atoms with Crippen LogP contribution in [0.25, 0.3) is 131 Å². The monoisotopic (exact) mass is 1070 g/mol. The van der Waals surface area contributed by atoms with E-state index in [1.165, 1.54) is 100 Å². The maximum Gasteiger partial charge on any atom is 0.109 e. The minimum Gasteiger partial charge on any atom is -0.242 e. The van der Waals surface area contributed by atoms with Crippen molar-refractivity contribution in [2.24, 2.45) is 0 Å². The molecule has 2 aromatic heterocycles. The molecule has 3 heteroatoms. The lowest BCUT2D eigenvalue weighted by Crippen LogP contribution is -2.25. The minimum absolute atomic E-state index is 0.500. The van der Waals surface area contributed by atoms with Gasteiger partial charge in [-0.1, -0.05) is 255 Å². The zero-order valence-electron chi connectivity index (χ0n) is 44.9. The van der Waals surface area contributed by atoms with Gasteiger partial charge in [0.25, 0.3) is 0 Å². The molecule has 0 amide bonds. The van der Waals surface area contributed by atoms with Gasteiger partial charge in [0.15, 0.2) is 0 Å². The molecule has 0 atom stereocenters. The summed E-state index contributed by atoms with van der Waals surface area (Å²) in [6.45, 7) is 0. The third-order valence-electron chi connectivity index (χ3n) is 19.1. The van der Waals surface area contributed by atoms with E-state index in [9.17, 15) is 0 Å². The molecule has 2 heterocycles. The summed E-state index contributed by atoms with van der Waals surface area (Å²) in [5, 5.41) is 4.50. The number of aromatic nitrogens is 2. The summed E-state index contributed by atoms with van der Waals surface area (Å²) >= 11 is 1.84. The molecule has 4 aliphatic rings. The molecule has 0 unspecified atom stereocenters. The molecule has 0 N–H and O–H groups in total. The maximum absolute atomic E-state index is 6.09. The molecule has 19 rings (SSSR count). The highest BCUT2D eigenvalue weighted by molar-refractivity contribution is 7.20. The standard InChI is InChI=1S/C80H46N2S/c1-3-19-47(20-4-1)49-35-39-53-54-40-36-50(48-21-5-2-6-22-48)44-64(54)74-73(63(53)43-49)81-75-76(82-74)78(52-38-42-62-60-28-12-18-34-70(60)80(72(62)46-52)67-31-15-9-25-57(67)58-26-10-16-32-68(58)80)83-77(75)51-37-41-61-59-27-11-17-33-69(59)79(71(61)45-51)65-29-13-7-23-55(65)56-24-8-14-30-66(56)79/h1-46H. The van der Waals surface area contributed by atoms with Crippen LogP contribution in [0.5, 0.6) is 0 Å². The van der Waals surface area contributed by atoms with E-state index in [4.69, 9.17) is 9.97 Å². The average Bonchev–Trinajstić information content (AvgIpc) is 1.98. The third-order valence-corrected chi connectivity index (χ3v) is 20.4. The summed E-state index contributed by atoms with van der Waals surface area (Å²) in [6.07, 6.45) is 0. The van der Waals surface area contributed by atoms with Crippen LogP contribution in [0.1, 0.15) is 44.5 Å². The van der Waals surface area contributed by atoms with Crippen LogP contribution < -0.4 is 0 Å². The number of hydrogen-bond acceptors (Lipinski definition) is 3. The van der Waals surface area contributed by atoms with Crippen molar-refractivity contribution in [3.63, 3.8) is 0 Å². The van der Waals surface area contributed by atoms with E-state index in [1.54, 1.807) is 0 Å². The van der Waals surface area contributed by atoms with Crippen molar-refractivity contribution in [2.75, 3.05) is 0 Å². The van der Waals surface area contributed by atoms with E-state index in [-0.39, 0.29) is 0 Å². The van der Waals surface area contributed by atoms with Gasteiger partial charge in [0.1, 0.15) is 11.0 Å². The zero-order chi connectivity index (χ0) is 54.1. The van der Waals surface area contributed by atoms with Gasteiger partial charge in [-0.2, -0.15) is 0 Å². The fraction of sp³-hybridized carbons (Fsp3) is 0.0250. The summed E-state index contributed by atoms with van der Waals surface area (Å²) in [6, 6.07) is 104. The van der Waals surface area contributed by atoms with Crippen molar-refractivity contribution < 1.29 is 0 Å². The Morgan fingerprint density at radius 3 is 0.831 bits per heavy atom. The van der Waals surface area contributed by atoms with Gasteiger partial charge >= 0.3 is 0 Å². The van der Waals surface area contributed by atoms with Gasteiger partial charge in [-0.3, -0.25) is 0 Å². The number of benzene rings is 13. The van der Waals surface area contributed by atoms with Crippen LogP contribution in [0.3, 0.4) is 0 Å². The van der Waals surface area contributed by atoms with Crippen molar-refractivity contribution >= 4 is 54.9 Å². The van der Waals surface area contributed by atoms with E-state index >= 15 is 0 Å². The first-order valence-corrected chi connectivity index (χ1v) is 29.6. The largest absolute Gasteiger partial charge is 0.242 e. The van der Waals surface area contributed by atoms with Gasteiger partial charge in [-0.25, -0.2) is 9.97 Å². The molecule has 0 bridgehead atoms. The average molecular weight is 1070 g/mol. The molecule has 13 aromatic carbocycles. The fourth-order valence-corrected chi connectivity index (χ4v) is 16.9. The number of nitrogens with zero attached hydrogens (tertiary/aromatic N) is 2. The van der Waals surface area contributed by atoms with E-state index < -0.39 is 10.8 Å². The summed E-state index contributed by atoms with van der Waals surface area (Å²) in [5.41, 5.74) is 30.4. The molecule has 382 valence electrons. The Hall–Kier alpha value is -10.3. The molecule has 0 radical (unpaired) electrons. The first-order chi connectivity index (χ1) is 41.2. The van der Waals surface area contributed by atoms with Crippen molar-refractivity contribution in [1.29, 1.82) is 0 Å². The van der Waals surface area contributed by atoms with Crippen LogP contribution >= 0.6 is 11.3 Å². The maximum atomic E-state index is 6.09. The summed E-state index contributed by atoms with van der Waals surface area (Å²) < 4.78 is 0. The quantitative estimate of drug-likeness (QED) is 0.164. The van der Waals surface area contributed by atoms with Crippen LogP contribution in [0.2, 0.25) is 0 Å². The van der Waals surface area contributed by atoms with E-state index in [0.717, 1.165) is 75.6 Å². The summed E-state index contributed by atoms with van der Waals surface area (Å²) in [4.78, 5) is 14.4. The summed E-state index contributed by atoms with van der Waals surface area (Å²) in [5.74, 6) is 0. The van der Waals surface area contributed by atoms with Gasteiger partial charge in [0, 0.05) is 10.8 Å². The van der Waals surface area contributed by atoms with Crippen LogP contribution in [-0.2, 0) is 10.8 Å². The molecule has 0 aliphatic heterocycles. The molecular formula is C80H46N2S. The van der Waals surface area contributed by atoms with Gasteiger partial charge in [0.05, 0.1) is 31.6 Å². The van der Waals surface area contributed by atoms with Crippen LogP contribution in [0.4, 0.5) is 0 Å². The molecule has 2 nitrogen and oxygen atoms in total. The van der Waals surface area contributed by atoms with Crippen molar-refractivity contribution in [3.05, 3.63) is 324 Å². The van der Waals surface area contributed by atoms with Crippen molar-refractivity contribution in [2.45, 2.75) is 10.8 Å². The Kier molecular flexibility index (Phi) is 9.11. The molecular weight excluding hydrogens is 1020 g/mol. The highest BCUT2D eigenvalue weighted by Gasteiger charge is 2.53. The second-order valence-electron chi connectivity index (χ2n) is 22.9. The normalized spacial score (nSPS) is 14.0. The topological polar surface area (TPSA) is 25.8 Å². The SMILES string of the molecule is c1ccc(-c2ccc3c4ccc(-c5ccccc5)cc4c4nc5c(-c6ccc7c(c6)C6(c8ccccc8-c8ccccc86)c6ccccc6-7)sc(-c6ccc7c(c6)C6(c8ccccc8-c8ccccc86)c6ccccc6-7)c5nc4c3c2)cc1. The zero-order valence-corrected chi connectivity index (χ0v) is 45.7. The highest BCUT2D eigenvalue weighted by Crippen LogP contribution is 2.65. The third kappa shape index (κ3) is 5.86. The smallest absolute Gasteiger partial charge is 0.109 e. The van der Waals surface area contributed by atoms with Gasteiger partial charge in [-0.05, 0) is 157 Å². The number of thiophene rings is 1. The van der Waals surface area contributed by atoms with Crippen molar-refractivity contribution in [1.82, 2.24) is 9.97 Å². The second-order valence-corrected chi connectivity index (χ2v) is 23.9. The van der Waals surface area contributed by atoms with Crippen LogP contribution in [0.15, 0.2) is 279 Å². The molecule has 0 fully saturated rings. The van der Waals surface area contributed by atoms with Gasteiger partial charge in [-0.15, -0.1) is 11.3 Å². The number of rotatable bonds is 4. The Morgan fingerprint density at radius 1 is 0.205 bits per heavy atom. The first kappa shape index (κ1) is 45.4. The lowest BCUT2D eigenvalue weighted by Gasteiger charge is -2.30. The van der Waals surface area contributed by atoms with E-state index in [0.29, 0.717) is 0 Å². The Balaban J connectivity index is 0.929. The summed E-state index contributed by atoms with van der Waals surface area (Å²) in [7, 11) is 0. The Morgan fingerprint density at radius 2 is 0.494 bits per heavy atom. The molecule has 83 heavy (non-hydrogen) atoms. The minimum atomic E-state index is -0.500. The Bertz CT molecular complexity index is 4880. The lowest BCUT2D eigenvalue weighted by molar-refractivity contribution is 0.794. The second kappa shape index (κ2) is 16.6. The van der Waals surface area contributed by atoms with Crippen molar-refractivity contribution in [3.8, 4) is 87.6 Å². The molecule has 15 aromatic rings. The van der Waals surface area contributed by atoms with Gasteiger partial charge < -0.3 is 0 Å². The Labute approximate surface area is 484 Å². The predicted octanol–water partition coefficient (Wildman–Crippen LogP) is 20.5. The molecule has 4 aliphatic carbocycles. The number of fused-ring (bicyclic) bond motifs is 27. The molecule has 2 spiro atoms. The van der Waals surface area contributed by atoms with E-state index in [1.807, 2.05) is 11.3 Å². The predicted molar refractivity (Wildman–Crippen MR) is 344 cm³/mol. The first-order valence-electron chi connectivity index (χ1n) is 28.8. The molecule has 0 saturated heterocycles. The highest BCUT2D eigenvalue weighted by atomic mass is 32.1. The number of hydrogen-bond donors (Lipinski definition) is 0. The molecule has 0 saturated carbocycles. The van der Waals surface area contributed by atoms with Crippen LogP contribution in [-0.4, -0.2) is 9.97 Å². The van der Waals surface area contributed by atoms with Crippen LogP contribution in [0, 0.1) is 0 Å². The fourth-order valence-electron chi connectivity index (χ4n) is 15.8. The van der Waals surface area contributed by atoms with E-state index in [2.05, 4.69) is 279 Å². The lowest BCUT2D eigenvalue weighted by atomic mass is 9.70.